The maximum Gasteiger partial charge on any atom is 0.216 e. The smallest absolute Gasteiger partial charge is 0.216 e. The maximum atomic E-state index is 11.0. The Bertz CT molecular complexity index is 761. The highest BCUT2D eigenvalue weighted by Gasteiger charge is 2.06. The van der Waals surface area contributed by atoms with Crippen LogP contribution in [0.1, 0.15) is 12.5 Å². The molecule has 0 saturated heterocycles. The molecule has 0 aliphatic carbocycles. The number of hydrogen-bond acceptors (Lipinski definition) is 2. The van der Waals surface area contributed by atoms with E-state index in [0.29, 0.717) is 6.54 Å². The number of carbonyl (C=O) groups is 1. The summed E-state index contributed by atoms with van der Waals surface area (Å²) in [6.45, 7) is 2.25. The first kappa shape index (κ1) is 13.8. The van der Waals surface area contributed by atoms with Gasteiger partial charge in [0.25, 0.3) is 0 Å². The molecule has 3 rings (SSSR count). The number of thiophene rings is 1. The second kappa shape index (κ2) is 6.10. The molecule has 106 valence electrons. The van der Waals surface area contributed by atoms with E-state index in [-0.39, 0.29) is 5.91 Å². The Morgan fingerprint density at radius 2 is 1.90 bits per heavy atom. The molecule has 0 radical (unpaired) electrons. The minimum Gasteiger partial charge on any atom is -0.356 e. The van der Waals surface area contributed by atoms with Crippen molar-refractivity contribution in [1.82, 2.24) is 5.32 Å². The van der Waals surface area contributed by atoms with E-state index in [2.05, 4.69) is 53.2 Å². The van der Waals surface area contributed by atoms with E-state index in [9.17, 15) is 4.79 Å². The van der Waals surface area contributed by atoms with E-state index < -0.39 is 0 Å². The molecular weight excluding hydrogens is 278 g/mol. The molecule has 0 bridgehead atoms. The fourth-order valence-corrected chi connectivity index (χ4v) is 3.44. The van der Waals surface area contributed by atoms with Crippen molar-refractivity contribution >= 4 is 27.3 Å². The summed E-state index contributed by atoms with van der Waals surface area (Å²) in [5.74, 6) is 0.0273. The standard InChI is InChI=1S/C18H17NOS/c1-13(20)19-10-9-16-12-21-18-8-7-15(11-17(16)18)14-5-3-2-4-6-14/h2-8,11-12H,9-10H2,1H3,(H,19,20). The molecule has 2 aromatic carbocycles. The van der Waals surface area contributed by atoms with Crippen LogP contribution >= 0.6 is 11.3 Å². The van der Waals surface area contributed by atoms with Crippen molar-refractivity contribution in [1.29, 1.82) is 0 Å². The van der Waals surface area contributed by atoms with Crippen LogP contribution in [0.15, 0.2) is 53.9 Å². The summed E-state index contributed by atoms with van der Waals surface area (Å²) in [6, 6.07) is 17.0. The van der Waals surface area contributed by atoms with Gasteiger partial charge in [0.05, 0.1) is 0 Å². The van der Waals surface area contributed by atoms with E-state index in [1.54, 1.807) is 18.3 Å². The minimum atomic E-state index is 0.0273. The SMILES string of the molecule is CC(=O)NCCc1csc2ccc(-c3ccccc3)cc12. The molecule has 0 aliphatic rings. The van der Waals surface area contributed by atoms with Gasteiger partial charge in [0.15, 0.2) is 0 Å². The number of rotatable bonds is 4. The summed E-state index contributed by atoms with van der Waals surface area (Å²) in [7, 11) is 0. The summed E-state index contributed by atoms with van der Waals surface area (Å²) in [6.07, 6.45) is 0.873. The highest BCUT2D eigenvalue weighted by atomic mass is 32.1. The van der Waals surface area contributed by atoms with Crippen LogP contribution in [-0.2, 0) is 11.2 Å². The highest BCUT2D eigenvalue weighted by molar-refractivity contribution is 7.17. The Morgan fingerprint density at radius 1 is 1.10 bits per heavy atom. The third-order valence-electron chi connectivity index (χ3n) is 3.53. The van der Waals surface area contributed by atoms with Crippen molar-refractivity contribution in [2.24, 2.45) is 0 Å². The molecule has 1 aromatic heterocycles. The number of hydrogen-bond donors (Lipinski definition) is 1. The second-order valence-electron chi connectivity index (χ2n) is 5.07. The molecule has 1 heterocycles. The van der Waals surface area contributed by atoms with E-state index in [1.165, 1.54) is 26.8 Å². The van der Waals surface area contributed by atoms with Gasteiger partial charge in [-0.2, -0.15) is 0 Å². The summed E-state index contributed by atoms with van der Waals surface area (Å²) >= 11 is 1.76. The fourth-order valence-electron chi connectivity index (χ4n) is 2.46. The van der Waals surface area contributed by atoms with Crippen LogP contribution < -0.4 is 5.32 Å². The fraction of sp³-hybridized carbons (Fsp3) is 0.167. The van der Waals surface area contributed by atoms with Crippen molar-refractivity contribution in [2.75, 3.05) is 6.54 Å². The third kappa shape index (κ3) is 3.14. The summed E-state index contributed by atoms with van der Waals surface area (Å²) < 4.78 is 1.30. The van der Waals surface area contributed by atoms with Crippen LogP contribution in [0.3, 0.4) is 0 Å². The molecule has 0 aliphatic heterocycles. The van der Waals surface area contributed by atoms with Crippen molar-refractivity contribution in [3.05, 3.63) is 59.5 Å². The first-order valence-electron chi connectivity index (χ1n) is 7.04. The molecule has 0 fully saturated rings. The Balaban J connectivity index is 1.91. The summed E-state index contributed by atoms with van der Waals surface area (Å²) in [5.41, 5.74) is 3.78. The quantitative estimate of drug-likeness (QED) is 0.766. The van der Waals surface area contributed by atoms with Gasteiger partial charge in [0.1, 0.15) is 0 Å². The van der Waals surface area contributed by atoms with Crippen LogP contribution in [-0.4, -0.2) is 12.5 Å². The Hall–Kier alpha value is -2.13. The van der Waals surface area contributed by atoms with E-state index in [4.69, 9.17) is 0 Å². The minimum absolute atomic E-state index is 0.0273. The molecule has 21 heavy (non-hydrogen) atoms. The number of fused-ring (bicyclic) bond motifs is 1. The number of nitrogens with one attached hydrogen (secondary N) is 1. The average Bonchev–Trinajstić information content (AvgIpc) is 2.90. The number of carbonyl (C=O) groups excluding carboxylic acids is 1. The van der Waals surface area contributed by atoms with Gasteiger partial charge >= 0.3 is 0 Å². The van der Waals surface area contributed by atoms with Crippen LogP contribution in [0.5, 0.6) is 0 Å². The first-order valence-corrected chi connectivity index (χ1v) is 7.92. The van der Waals surface area contributed by atoms with Crippen LogP contribution in [0, 0.1) is 0 Å². The van der Waals surface area contributed by atoms with Gasteiger partial charge in [-0.1, -0.05) is 36.4 Å². The van der Waals surface area contributed by atoms with Crippen LogP contribution in [0.2, 0.25) is 0 Å². The topological polar surface area (TPSA) is 29.1 Å². The lowest BCUT2D eigenvalue weighted by molar-refractivity contribution is -0.118. The van der Waals surface area contributed by atoms with E-state index in [0.717, 1.165) is 6.42 Å². The third-order valence-corrected chi connectivity index (χ3v) is 4.54. The molecule has 0 saturated carbocycles. The monoisotopic (exact) mass is 295 g/mol. The molecule has 2 nitrogen and oxygen atoms in total. The van der Waals surface area contributed by atoms with Gasteiger partial charge in [0.2, 0.25) is 5.91 Å². The zero-order valence-corrected chi connectivity index (χ0v) is 12.7. The van der Waals surface area contributed by atoms with Crippen LogP contribution in [0.25, 0.3) is 21.2 Å². The van der Waals surface area contributed by atoms with Gasteiger partial charge in [0, 0.05) is 18.2 Å². The van der Waals surface area contributed by atoms with Crippen molar-refractivity contribution in [3.8, 4) is 11.1 Å². The van der Waals surface area contributed by atoms with Gasteiger partial charge in [-0.15, -0.1) is 11.3 Å². The van der Waals surface area contributed by atoms with E-state index in [1.807, 2.05) is 6.07 Å². The van der Waals surface area contributed by atoms with Crippen molar-refractivity contribution < 1.29 is 4.79 Å². The van der Waals surface area contributed by atoms with Gasteiger partial charge in [-0.05, 0) is 46.0 Å². The maximum absolute atomic E-state index is 11.0. The summed E-state index contributed by atoms with van der Waals surface area (Å²) in [5, 5.41) is 6.35. The molecule has 0 spiro atoms. The van der Waals surface area contributed by atoms with Crippen LogP contribution in [0.4, 0.5) is 0 Å². The Kier molecular flexibility index (Phi) is 4.02. The first-order chi connectivity index (χ1) is 10.2. The van der Waals surface area contributed by atoms with Gasteiger partial charge in [-0.3, -0.25) is 4.79 Å². The predicted octanol–water partition coefficient (Wildman–Crippen LogP) is 4.25. The molecule has 0 unspecified atom stereocenters. The summed E-state index contributed by atoms with van der Waals surface area (Å²) in [4.78, 5) is 11.0. The molecule has 1 N–H and O–H groups in total. The average molecular weight is 295 g/mol. The van der Waals surface area contributed by atoms with Gasteiger partial charge < -0.3 is 5.32 Å². The number of benzene rings is 2. The zero-order valence-electron chi connectivity index (χ0n) is 11.9. The lowest BCUT2D eigenvalue weighted by Gasteiger charge is -2.04. The largest absolute Gasteiger partial charge is 0.356 e. The number of amides is 1. The molecular formula is C18H17NOS. The second-order valence-corrected chi connectivity index (χ2v) is 5.98. The van der Waals surface area contributed by atoms with E-state index >= 15 is 0 Å². The Morgan fingerprint density at radius 3 is 2.67 bits per heavy atom. The molecule has 3 aromatic rings. The van der Waals surface area contributed by atoms with Crippen molar-refractivity contribution in [3.63, 3.8) is 0 Å². The zero-order chi connectivity index (χ0) is 14.7. The van der Waals surface area contributed by atoms with Crippen molar-refractivity contribution in [2.45, 2.75) is 13.3 Å². The molecule has 3 heteroatoms. The molecule has 1 amide bonds. The highest BCUT2D eigenvalue weighted by Crippen LogP contribution is 2.31. The lowest BCUT2D eigenvalue weighted by Crippen LogP contribution is -2.22. The van der Waals surface area contributed by atoms with Gasteiger partial charge in [-0.25, -0.2) is 0 Å². The Labute approximate surface area is 128 Å². The normalized spacial score (nSPS) is 10.7. The predicted molar refractivity (Wildman–Crippen MR) is 89.6 cm³/mol. The molecule has 0 atom stereocenters. The lowest BCUT2D eigenvalue weighted by atomic mass is 10.0.